The third-order valence-electron chi connectivity index (χ3n) is 7.99. The molecule has 1 heterocycles. The normalized spacial score (nSPS) is 13.4. The van der Waals surface area contributed by atoms with Crippen molar-refractivity contribution in [3.63, 3.8) is 0 Å². The molecule has 0 N–H and O–H groups in total. The average Bonchev–Trinajstić information content (AvgIpc) is 3.22. The van der Waals surface area contributed by atoms with Gasteiger partial charge in [-0.05, 0) is 86.8 Å². The van der Waals surface area contributed by atoms with Crippen LogP contribution in [-0.2, 0) is 29.3 Å². The maximum Gasteiger partial charge on any atom is 0.211 e. The van der Waals surface area contributed by atoms with Crippen LogP contribution < -0.4 is 0 Å². The summed E-state index contributed by atoms with van der Waals surface area (Å²) in [7, 11) is 0. The van der Waals surface area contributed by atoms with Crippen molar-refractivity contribution < 1.29 is 21.2 Å². The first kappa shape index (κ1) is 33.2. The quantitative estimate of drug-likeness (QED) is 0.0966. The van der Waals surface area contributed by atoms with Crippen LogP contribution in [-0.4, -0.2) is 4.70 Å². The second-order valence-corrected chi connectivity index (χ2v) is 11.2. The number of rotatable bonds is 18. The summed E-state index contributed by atoms with van der Waals surface area (Å²) in [6, 6.07) is 17.9. The molecular formula is C36H52N2Ni. The molecular weight excluding hydrogens is 519 g/mol. The van der Waals surface area contributed by atoms with Gasteiger partial charge >= 0.3 is 0 Å². The van der Waals surface area contributed by atoms with Crippen molar-refractivity contribution in [1.82, 2.24) is 0 Å². The van der Waals surface area contributed by atoms with E-state index in [1.807, 2.05) is 0 Å². The van der Waals surface area contributed by atoms with Crippen LogP contribution in [0.2, 0.25) is 0 Å². The van der Waals surface area contributed by atoms with Crippen molar-refractivity contribution in [3.05, 3.63) is 87.5 Å². The third-order valence-corrected chi connectivity index (χ3v) is 7.99. The van der Waals surface area contributed by atoms with E-state index in [9.17, 15) is 5.53 Å². The van der Waals surface area contributed by atoms with Gasteiger partial charge in [0.25, 0.3) is 0 Å². The number of benzene rings is 2. The Balaban J connectivity index is 0.00000533. The molecule has 0 amide bonds. The molecule has 1 aliphatic rings. The molecule has 0 atom stereocenters. The van der Waals surface area contributed by atoms with Crippen LogP contribution >= 0.6 is 0 Å². The molecule has 3 heteroatoms. The van der Waals surface area contributed by atoms with Gasteiger partial charge in [-0.3, -0.25) is 0 Å². The van der Waals surface area contributed by atoms with Crippen molar-refractivity contribution in [2.75, 3.05) is 0 Å². The summed E-state index contributed by atoms with van der Waals surface area (Å²) < 4.78 is 1.55. The molecule has 0 spiro atoms. The Morgan fingerprint density at radius 2 is 1.03 bits per heavy atom. The summed E-state index contributed by atoms with van der Waals surface area (Å²) in [4.78, 5) is 0. The Kier molecular flexibility index (Phi) is 15.7. The SMILES string of the molecule is CCCCCCCCC1=C(c2ccc(CCCC)cc2)[N+](=[N-])C(c2cccc(CCCC)c2)=C1CCCC.[Ni]. The van der Waals surface area contributed by atoms with Crippen LogP contribution in [0.25, 0.3) is 16.9 Å². The summed E-state index contributed by atoms with van der Waals surface area (Å²) in [5, 5.41) is 0. The predicted molar refractivity (Wildman–Crippen MR) is 165 cm³/mol. The first-order valence-electron chi connectivity index (χ1n) is 15.8. The minimum Gasteiger partial charge on any atom is -0.493 e. The fourth-order valence-corrected chi connectivity index (χ4v) is 5.69. The summed E-state index contributed by atoms with van der Waals surface area (Å²) in [6.45, 7) is 9.05. The zero-order chi connectivity index (χ0) is 27.2. The Morgan fingerprint density at radius 1 is 0.513 bits per heavy atom. The summed E-state index contributed by atoms with van der Waals surface area (Å²) in [5.41, 5.74) is 21.7. The summed E-state index contributed by atoms with van der Waals surface area (Å²) in [5.74, 6) is 0. The average molecular weight is 572 g/mol. The fourth-order valence-electron chi connectivity index (χ4n) is 5.69. The standard InChI is InChI=1S/C36H52N2.Ni/c1-5-9-13-14-15-16-23-34-33(22-12-8-4)36(32-21-17-20-30(28-32)19-11-7-3)38(37)35(34)31-26-24-29(25-27-31)18-10-6-2;/h17,20-21,24-28H,5-16,18-19,22-23H2,1-4H3;. The Hall–Kier alpha value is -1.99. The molecule has 0 aromatic heterocycles. The number of hydrogen-bond donors (Lipinski definition) is 0. The van der Waals surface area contributed by atoms with Gasteiger partial charge in [-0.15, -0.1) is 0 Å². The predicted octanol–water partition coefficient (Wildman–Crippen LogP) is 11.5. The molecule has 0 saturated carbocycles. The minimum absolute atomic E-state index is 0. The molecule has 39 heavy (non-hydrogen) atoms. The van der Waals surface area contributed by atoms with Crippen molar-refractivity contribution >= 4 is 11.4 Å². The van der Waals surface area contributed by atoms with Gasteiger partial charge in [0.05, 0.1) is 0 Å². The van der Waals surface area contributed by atoms with Gasteiger partial charge in [0, 0.05) is 38.8 Å². The molecule has 2 aromatic rings. The first-order valence-corrected chi connectivity index (χ1v) is 15.8. The first-order chi connectivity index (χ1) is 18.6. The number of nitrogens with zero attached hydrogens (tertiary/aromatic N) is 2. The van der Waals surface area contributed by atoms with Crippen LogP contribution in [0.4, 0.5) is 0 Å². The monoisotopic (exact) mass is 570 g/mol. The van der Waals surface area contributed by atoms with Crippen LogP contribution in [0, 0.1) is 0 Å². The van der Waals surface area contributed by atoms with E-state index in [0.29, 0.717) is 0 Å². The maximum absolute atomic E-state index is 11.9. The maximum atomic E-state index is 11.9. The van der Waals surface area contributed by atoms with Crippen molar-refractivity contribution in [3.8, 4) is 0 Å². The smallest absolute Gasteiger partial charge is 0.211 e. The molecule has 0 fully saturated rings. The van der Waals surface area contributed by atoms with E-state index in [-0.39, 0.29) is 16.5 Å². The van der Waals surface area contributed by atoms with Crippen molar-refractivity contribution in [1.29, 1.82) is 0 Å². The minimum atomic E-state index is 0. The topological polar surface area (TPSA) is 25.3 Å². The molecule has 0 bridgehead atoms. The number of unbranched alkanes of at least 4 members (excludes halogenated alkanes) is 8. The Labute approximate surface area is 249 Å². The number of aryl methyl sites for hydroxylation is 2. The van der Waals surface area contributed by atoms with E-state index in [1.165, 1.54) is 86.5 Å². The second-order valence-electron chi connectivity index (χ2n) is 11.2. The largest absolute Gasteiger partial charge is 0.493 e. The van der Waals surface area contributed by atoms with Crippen LogP contribution in [0.5, 0.6) is 0 Å². The van der Waals surface area contributed by atoms with Crippen LogP contribution in [0.1, 0.15) is 140 Å². The van der Waals surface area contributed by atoms with Gasteiger partial charge in [0.2, 0.25) is 11.4 Å². The Bertz CT molecular complexity index is 1080. The van der Waals surface area contributed by atoms with E-state index in [4.69, 9.17) is 0 Å². The van der Waals surface area contributed by atoms with Crippen molar-refractivity contribution in [2.24, 2.45) is 0 Å². The van der Waals surface area contributed by atoms with E-state index in [1.54, 1.807) is 4.70 Å². The van der Waals surface area contributed by atoms with Crippen LogP contribution in [0.15, 0.2) is 59.7 Å². The molecule has 216 valence electrons. The molecule has 1 aliphatic heterocycles. The van der Waals surface area contributed by atoms with E-state index >= 15 is 0 Å². The van der Waals surface area contributed by atoms with E-state index in [2.05, 4.69) is 76.2 Å². The number of hydrogen-bond acceptors (Lipinski definition) is 0. The van der Waals surface area contributed by atoms with Gasteiger partial charge in [0.1, 0.15) is 0 Å². The molecule has 0 saturated heterocycles. The zero-order valence-electron chi connectivity index (χ0n) is 25.1. The molecule has 2 aromatic carbocycles. The molecule has 0 unspecified atom stereocenters. The van der Waals surface area contributed by atoms with Gasteiger partial charge in [-0.25, -0.2) is 4.70 Å². The van der Waals surface area contributed by atoms with Gasteiger partial charge in [-0.2, -0.15) is 0 Å². The molecule has 0 radical (unpaired) electrons. The van der Waals surface area contributed by atoms with Gasteiger partial charge in [-0.1, -0.05) is 103 Å². The fraction of sp³-hybridized carbons (Fsp3) is 0.556. The molecule has 0 aliphatic carbocycles. The second kappa shape index (κ2) is 18.4. The molecule has 3 rings (SSSR count). The summed E-state index contributed by atoms with van der Waals surface area (Å²) >= 11 is 0. The zero-order valence-corrected chi connectivity index (χ0v) is 26.1. The van der Waals surface area contributed by atoms with Gasteiger partial charge < -0.3 is 5.53 Å². The third kappa shape index (κ3) is 9.56. The number of allylic oxidation sites excluding steroid dienone is 2. The summed E-state index contributed by atoms with van der Waals surface area (Å²) in [6.07, 6.45) is 19.1. The van der Waals surface area contributed by atoms with Crippen molar-refractivity contribution in [2.45, 2.75) is 130 Å². The van der Waals surface area contributed by atoms with Gasteiger partial charge in [0.15, 0.2) is 0 Å². The van der Waals surface area contributed by atoms with E-state index < -0.39 is 0 Å². The van der Waals surface area contributed by atoms with E-state index in [0.717, 1.165) is 61.0 Å². The molecule has 2 nitrogen and oxygen atoms in total. The Morgan fingerprint density at radius 3 is 1.67 bits per heavy atom. The van der Waals surface area contributed by atoms with Crippen LogP contribution in [0.3, 0.4) is 0 Å².